The zero-order valence-corrected chi connectivity index (χ0v) is 15.3. The lowest BCUT2D eigenvalue weighted by atomic mass is 10.1. The Bertz CT molecular complexity index is 796. The minimum absolute atomic E-state index is 0.122. The molecule has 2 aromatic rings. The Balaban J connectivity index is 1.81. The van der Waals surface area contributed by atoms with Gasteiger partial charge in [-0.05, 0) is 44.9 Å². The van der Waals surface area contributed by atoms with Crippen molar-refractivity contribution in [3.05, 3.63) is 40.7 Å². The molecule has 1 heterocycles. The first kappa shape index (κ1) is 18.5. The van der Waals surface area contributed by atoms with Gasteiger partial charge < -0.3 is 15.4 Å². The van der Waals surface area contributed by atoms with E-state index in [1.807, 2.05) is 52.9 Å². The summed E-state index contributed by atoms with van der Waals surface area (Å²) >= 11 is 0. The molecule has 0 saturated heterocycles. The molecule has 25 heavy (non-hydrogen) atoms. The van der Waals surface area contributed by atoms with E-state index in [9.17, 15) is 9.59 Å². The number of nitrogens with one attached hydrogen (secondary N) is 2. The highest BCUT2D eigenvalue weighted by Crippen LogP contribution is 2.19. The van der Waals surface area contributed by atoms with Crippen LogP contribution in [0.3, 0.4) is 0 Å². The average Bonchev–Trinajstić information content (AvgIpc) is 2.80. The van der Waals surface area contributed by atoms with Gasteiger partial charge in [0.15, 0.2) is 6.61 Å². The number of amides is 2. The number of nitrogens with zero attached hydrogens (tertiary/aromatic N) is 2. The molecule has 0 bridgehead atoms. The Morgan fingerprint density at radius 2 is 1.88 bits per heavy atom. The number of aryl methyl sites for hydroxylation is 4. The number of rotatable bonds is 6. The standard InChI is InChI=1S/C18H24N4O3/c1-11-6-7-12(2)15(8-11)25-10-17(24)19-9-16(23)20-18-13(3)21-22(5)14(18)4/h6-8H,9-10H2,1-5H3,(H,19,24)(H,20,23). The van der Waals surface area contributed by atoms with Crippen LogP contribution in [0.15, 0.2) is 18.2 Å². The summed E-state index contributed by atoms with van der Waals surface area (Å²) in [4.78, 5) is 23.9. The summed E-state index contributed by atoms with van der Waals surface area (Å²) in [5.41, 5.74) is 4.28. The molecule has 7 nitrogen and oxygen atoms in total. The van der Waals surface area contributed by atoms with Crippen LogP contribution in [0.1, 0.15) is 22.5 Å². The van der Waals surface area contributed by atoms with Crippen molar-refractivity contribution >= 4 is 17.5 Å². The smallest absolute Gasteiger partial charge is 0.258 e. The number of ether oxygens (including phenoxy) is 1. The van der Waals surface area contributed by atoms with Crippen LogP contribution in [0.5, 0.6) is 5.75 Å². The van der Waals surface area contributed by atoms with E-state index in [1.165, 1.54) is 0 Å². The molecule has 0 radical (unpaired) electrons. The predicted octanol–water partition coefficient (Wildman–Crippen LogP) is 1.79. The maximum absolute atomic E-state index is 12.0. The van der Waals surface area contributed by atoms with E-state index >= 15 is 0 Å². The molecule has 0 unspecified atom stereocenters. The summed E-state index contributed by atoms with van der Waals surface area (Å²) < 4.78 is 7.21. The predicted molar refractivity (Wildman–Crippen MR) is 95.7 cm³/mol. The van der Waals surface area contributed by atoms with Gasteiger partial charge in [0, 0.05) is 7.05 Å². The molecular formula is C18H24N4O3. The fourth-order valence-electron chi connectivity index (χ4n) is 2.37. The van der Waals surface area contributed by atoms with E-state index in [1.54, 1.807) is 4.68 Å². The normalized spacial score (nSPS) is 10.4. The molecule has 1 aromatic heterocycles. The van der Waals surface area contributed by atoms with E-state index in [-0.39, 0.29) is 25.0 Å². The second-order valence-electron chi connectivity index (χ2n) is 6.05. The first-order valence-electron chi connectivity index (χ1n) is 8.04. The van der Waals surface area contributed by atoms with Gasteiger partial charge in [-0.25, -0.2) is 0 Å². The van der Waals surface area contributed by atoms with Crippen molar-refractivity contribution in [2.75, 3.05) is 18.5 Å². The van der Waals surface area contributed by atoms with Crippen LogP contribution in [0.25, 0.3) is 0 Å². The van der Waals surface area contributed by atoms with Crippen LogP contribution in [0.2, 0.25) is 0 Å². The molecule has 0 aliphatic heterocycles. The summed E-state index contributed by atoms with van der Waals surface area (Å²) in [6.45, 7) is 7.30. The van der Waals surface area contributed by atoms with Gasteiger partial charge in [0.25, 0.3) is 5.91 Å². The minimum atomic E-state index is -0.351. The van der Waals surface area contributed by atoms with Crippen LogP contribution in [0, 0.1) is 27.7 Å². The van der Waals surface area contributed by atoms with Crippen molar-refractivity contribution in [3.8, 4) is 5.75 Å². The van der Waals surface area contributed by atoms with E-state index in [0.717, 1.165) is 22.5 Å². The lowest BCUT2D eigenvalue weighted by molar-refractivity contribution is -0.125. The molecule has 0 aliphatic carbocycles. The SMILES string of the molecule is Cc1ccc(C)c(OCC(=O)NCC(=O)Nc2c(C)nn(C)c2C)c1. The lowest BCUT2D eigenvalue weighted by Gasteiger charge is -2.10. The molecule has 0 fully saturated rings. The number of anilines is 1. The quantitative estimate of drug-likeness (QED) is 0.837. The molecular weight excluding hydrogens is 320 g/mol. The average molecular weight is 344 g/mol. The van der Waals surface area contributed by atoms with Gasteiger partial charge in [-0.2, -0.15) is 5.10 Å². The number of benzene rings is 1. The van der Waals surface area contributed by atoms with Crippen LogP contribution in [0.4, 0.5) is 5.69 Å². The third-order valence-corrected chi connectivity index (χ3v) is 3.92. The third kappa shape index (κ3) is 4.82. The number of aromatic nitrogens is 2. The highest BCUT2D eigenvalue weighted by molar-refractivity contribution is 5.95. The summed E-state index contributed by atoms with van der Waals surface area (Å²) in [6.07, 6.45) is 0. The minimum Gasteiger partial charge on any atom is -0.483 e. The van der Waals surface area contributed by atoms with Crippen LogP contribution >= 0.6 is 0 Å². The van der Waals surface area contributed by atoms with Crippen LogP contribution in [-0.2, 0) is 16.6 Å². The molecule has 0 saturated carbocycles. The zero-order chi connectivity index (χ0) is 18.6. The third-order valence-electron chi connectivity index (χ3n) is 3.92. The van der Waals surface area contributed by atoms with E-state index in [0.29, 0.717) is 11.4 Å². The number of carbonyl (C=O) groups excluding carboxylic acids is 2. The Kier molecular flexibility index (Phi) is 5.80. The second kappa shape index (κ2) is 7.83. The molecule has 7 heteroatoms. The van der Waals surface area contributed by atoms with Gasteiger partial charge in [0.2, 0.25) is 5.91 Å². The molecule has 0 atom stereocenters. The molecule has 2 N–H and O–H groups in total. The van der Waals surface area contributed by atoms with Crippen LogP contribution < -0.4 is 15.4 Å². The number of hydrogen-bond donors (Lipinski definition) is 2. The van der Waals surface area contributed by atoms with E-state index in [4.69, 9.17) is 4.74 Å². The molecule has 2 rings (SSSR count). The molecule has 0 spiro atoms. The Labute approximate surface area is 147 Å². The highest BCUT2D eigenvalue weighted by atomic mass is 16.5. The fourth-order valence-corrected chi connectivity index (χ4v) is 2.37. The summed E-state index contributed by atoms with van der Waals surface area (Å²) in [5, 5.41) is 9.55. The molecule has 1 aromatic carbocycles. The first-order chi connectivity index (χ1) is 11.8. The number of hydrogen-bond acceptors (Lipinski definition) is 4. The first-order valence-corrected chi connectivity index (χ1v) is 8.04. The maximum Gasteiger partial charge on any atom is 0.258 e. The van der Waals surface area contributed by atoms with Gasteiger partial charge in [-0.3, -0.25) is 14.3 Å². The van der Waals surface area contributed by atoms with Crippen molar-refractivity contribution in [1.29, 1.82) is 0 Å². The monoisotopic (exact) mass is 344 g/mol. The van der Waals surface area contributed by atoms with Gasteiger partial charge >= 0.3 is 0 Å². The van der Waals surface area contributed by atoms with Gasteiger partial charge in [0.05, 0.1) is 23.6 Å². The summed E-state index contributed by atoms with van der Waals surface area (Å²) in [7, 11) is 1.81. The summed E-state index contributed by atoms with van der Waals surface area (Å²) in [6, 6.07) is 5.80. The van der Waals surface area contributed by atoms with E-state index < -0.39 is 0 Å². The van der Waals surface area contributed by atoms with Crippen molar-refractivity contribution in [2.24, 2.45) is 7.05 Å². The van der Waals surface area contributed by atoms with Gasteiger partial charge in [0.1, 0.15) is 5.75 Å². The van der Waals surface area contributed by atoms with Gasteiger partial charge in [-0.1, -0.05) is 12.1 Å². The second-order valence-corrected chi connectivity index (χ2v) is 6.05. The maximum atomic E-state index is 12.0. The van der Waals surface area contributed by atoms with Crippen molar-refractivity contribution in [1.82, 2.24) is 15.1 Å². The summed E-state index contributed by atoms with van der Waals surface area (Å²) in [5.74, 6) is 0.0104. The zero-order valence-electron chi connectivity index (χ0n) is 15.3. The molecule has 0 aliphatic rings. The molecule has 2 amide bonds. The van der Waals surface area contributed by atoms with Crippen LogP contribution in [-0.4, -0.2) is 34.7 Å². The highest BCUT2D eigenvalue weighted by Gasteiger charge is 2.13. The van der Waals surface area contributed by atoms with Gasteiger partial charge in [-0.15, -0.1) is 0 Å². The Hall–Kier alpha value is -2.83. The topological polar surface area (TPSA) is 85.2 Å². The molecule has 134 valence electrons. The lowest BCUT2D eigenvalue weighted by Crippen LogP contribution is -2.36. The van der Waals surface area contributed by atoms with Crippen molar-refractivity contribution in [3.63, 3.8) is 0 Å². The fraction of sp³-hybridized carbons (Fsp3) is 0.389. The Morgan fingerprint density at radius 3 is 2.52 bits per heavy atom. The van der Waals surface area contributed by atoms with Crippen molar-refractivity contribution < 1.29 is 14.3 Å². The Morgan fingerprint density at radius 1 is 1.16 bits per heavy atom. The van der Waals surface area contributed by atoms with E-state index in [2.05, 4.69) is 15.7 Å². The van der Waals surface area contributed by atoms with Crippen molar-refractivity contribution in [2.45, 2.75) is 27.7 Å². The number of carbonyl (C=O) groups is 2. The largest absolute Gasteiger partial charge is 0.483 e.